The highest BCUT2D eigenvalue weighted by molar-refractivity contribution is 5.58. The molecule has 2 heterocycles. The van der Waals surface area contributed by atoms with E-state index < -0.39 is 0 Å². The molecule has 0 unspecified atom stereocenters. The summed E-state index contributed by atoms with van der Waals surface area (Å²) in [5, 5.41) is 0. The minimum Gasteiger partial charge on any atom is -0.478 e. The van der Waals surface area contributed by atoms with Crippen LogP contribution in [-0.2, 0) is 12.8 Å². The molecule has 0 fully saturated rings. The van der Waals surface area contributed by atoms with Gasteiger partial charge in [-0.3, -0.25) is 0 Å². The molecule has 6 heteroatoms. The predicted octanol–water partition coefficient (Wildman–Crippen LogP) is 5.17. The summed E-state index contributed by atoms with van der Waals surface area (Å²) < 4.78 is 11.4. The van der Waals surface area contributed by atoms with E-state index in [0.717, 1.165) is 36.3 Å². The first-order chi connectivity index (χ1) is 14.5. The lowest BCUT2D eigenvalue weighted by Gasteiger charge is -2.10. The summed E-state index contributed by atoms with van der Waals surface area (Å²) in [5.41, 5.74) is 3.22. The second-order valence-electron chi connectivity index (χ2n) is 7.91. The minimum atomic E-state index is 0.421. The first kappa shape index (κ1) is 21.6. The van der Waals surface area contributed by atoms with E-state index in [1.54, 1.807) is 12.6 Å². The highest BCUT2D eigenvalue weighted by atomic mass is 16.5. The summed E-state index contributed by atoms with van der Waals surface area (Å²) in [5.74, 6) is 2.46. The maximum atomic E-state index is 5.87. The van der Waals surface area contributed by atoms with Crippen molar-refractivity contribution >= 4 is 12.3 Å². The molecule has 30 heavy (non-hydrogen) atoms. The number of hydrogen-bond donors (Lipinski definition) is 0. The molecule has 0 aliphatic rings. The Kier molecular flexibility index (Phi) is 7.60. The third kappa shape index (κ3) is 6.72. The van der Waals surface area contributed by atoms with Crippen LogP contribution in [0.3, 0.4) is 0 Å². The fourth-order valence-electron chi connectivity index (χ4n) is 2.88. The van der Waals surface area contributed by atoms with E-state index in [0.29, 0.717) is 24.4 Å². The van der Waals surface area contributed by atoms with Crippen LogP contribution in [0.25, 0.3) is 11.3 Å². The lowest BCUT2D eigenvalue weighted by Crippen LogP contribution is -2.08. The lowest BCUT2D eigenvalue weighted by atomic mass is 10.0. The van der Waals surface area contributed by atoms with Crippen LogP contribution in [0.1, 0.15) is 31.5 Å². The van der Waals surface area contributed by atoms with Crippen molar-refractivity contribution in [3.63, 3.8) is 0 Å². The van der Waals surface area contributed by atoms with Crippen LogP contribution in [0.15, 0.2) is 58.1 Å². The molecule has 3 aromatic rings. The number of rotatable bonds is 10. The molecule has 2 aromatic heterocycles. The van der Waals surface area contributed by atoms with Crippen molar-refractivity contribution in [3.05, 3.63) is 60.0 Å². The monoisotopic (exact) mass is 406 g/mol. The summed E-state index contributed by atoms with van der Waals surface area (Å²) in [7, 11) is 3.83. The van der Waals surface area contributed by atoms with Gasteiger partial charge in [0.1, 0.15) is 5.76 Å². The van der Waals surface area contributed by atoms with E-state index in [9.17, 15) is 0 Å². The molecule has 6 nitrogen and oxygen atoms in total. The average molecular weight is 407 g/mol. The van der Waals surface area contributed by atoms with Crippen LogP contribution in [0.4, 0.5) is 5.95 Å². The molecule has 0 saturated heterocycles. The van der Waals surface area contributed by atoms with Crippen LogP contribution in [0, 0.1) is 5.92 Å². The average Bonchev–Trinajstić information content (AvgIpc) is 3.26. The molecular weight excluding hydrogens is 376 g/mol. The van der Waals surface area contributed by atoms with Gasteiger partial charge in [0.15, 0.2) is 0 Å². The van der Waals surface area contributed by atoms with E-state index in [1.807, 2.05) is 37.2 Å². The summed E-state index contributed by atoms with van der Waals surface area (Å²) >= 11 is 0. The van der Waals surface area contributed by atoms with E-state index >= 15 is 0 Å². The van der Waals surface area contributed by atoms with Gasteiger partial charge in [0, 0.05) is 25.7 Å². The van der Waals surface area contributed by atoms with Crippen molar-refractivity contribution in [3.8, 4) is 17.2 Å². The quantitative estimate of drug-likeness (QED) is 0.343. The van der Waals surface area contributed by atoms with Crippen molar-refractivity contribution in [2.45, 2.75) is 33.1 Å². The van der Waals surface area contributed by atoms with Crippen LogP contribution >= 0.6 is 0 Å². The van der Waals surface area contributed by atoms with Gasteiger partial charge < -0.3 is 14.1 Å². The molecule has 0 bridgehead atoms. The lowest BCUT2D eigenvalue weighted by molar-refractivity contribution is 0.279. The maximum Gasteiger partial charge on any atom is 0.254 e. The van der Waals surface area contributed by atoms with Crippen molar-refractivity contribution in [2.75, 3.05) is 20.7 Å². The zero-order valence-electron chi connectivity index (χ0n) is 18.2. The second kappa shape index (κ2) is 10.6. The predicted molar refractivity (Wildman–Crippen MR) is 120 cm³/mol. The third-order valence-electron chi connectivity index (χ3n) is 4.50. The van der Waals surface area contributed by atoms with Gasteiger partial charge in [-0.1, -0.05) is 32.0 Å². The molecule has 3 rings (SSSR count). The van der Waals surface area contributed by atoms with Crippen molar-refractivity contribution in [1.29, 1.82) is 0 Å². The summed E-state index contributed by atoms with van der Waals surface area (Å²) in [6.45, 7) is 4.99. The van der Waals surface area contributed by atoms with Crippen LogP contribution in [0.5, 0.6) is 5.88 Å². The smallest absolute Gasteiger partial charge is 0.254 e. The molecule has 158 valence electrons. The van der Waals surface area contributed by atoms with Gasteiger partial charge in [-0.15, -0.1) is 0 Å². The third-order valence-corrected chi connectivity index (χ3v) is 4.50. The molecule has 0 spiro atoms. The van der Waals surface area contributed by atoms with Gasteiger partial charge in [0.25, 0.3) is 5.95 Å². The Hall–Kier alpha value is -3.15. The van der Waals surface area contributed by atoms with Crippen molar-refractivity contribution in [2.24, 2.45) is 10.9 Å². The first-order valence-corrected chi connectivity index (χ1v) is 10.3. The van der Waals surface area contributed by atoms with E-state index in [2.05, 4.69) is 53.1 Å². The number of benzene rings is 1. The number of furan rings is 1. The Morgan fingerprint density at radius 2 is 1.97 bits per heavy atom. The largest absolute Gasteiger partial charge is 0.478 e. The molecule has 0 saturated carbocycles. The van der Waals surface area contributed by atoms with Gasteiger partial charge in [0.2, 0.25) is 5.88 Å². The molecule has 0 atom stereocenters. The number of nitrogens with zero attached hydrogens (tertiary/aromatic N) is 4. The van der Waals surface area contributed by atoms with Gasteiger partial charge >= 0.3 is 0 Å². The second-order valence-corrected chi connectivity index (χ2v) is 7.91. The molecule has 0 radical (unpaired) electrons. The highest BCUT2D eigenvalue weighted by Crippen LogP contribution is 2.22. The molecular formula is C24H30N4O2. The Labute approximate surface area is 178 Å². The SMILES string of the molecule is CC(C)CCOc1cc(CCc2cccc(-c3ccco3)c2)nc(/N=C\N(C)C)n1. The van der Waals surface area contributed by atoms with Crippen molar-refractivity contribution < 1.29 is 9.15 Å². The Bertz CT molecular complexity index is 950. The number of aliphatic imine (C=N–C) groups is 1. The number of aryl methyl sites for hydroxylation is 2. The normalized spacial score (nSPS) is 11.4. The summed E-state index contributed by atoms with van der Waals surface area (Å²) in [6.07, 6.45) is 6.00. The van der Waals surface area contributed by atoms with Gasteiger partial charge in [0.05, 0.1) is 24.9 Å². The molecule has 0 amide bonds. The molecule has 0 aliphatic carbocycles. The Morgan fingerprint density at radius 3 is 2.70 bits per heavy atom. The maximum absolute atomic E-state index is 5.87. The Balaban J connectivity index is 1.73. The molecule has 1 aromatic carbocycles. The molecule has 0 N–H and O–H groups in total. The summed E-state index contributed by atoms with van der Waals surface area (Å²) in [6, 6.07) is 14.2. The van der Waals surface area contributed by atoms with Gasteiger partial charge in [-0.05, 0) is 48.9 Å². The first-order valence-electron chi connectivity index (χ1n) is 10.3. The van der Waals surface area contributed by atoms with E-state index in [4.69, 9.17) is 9.15 Å². The molecule has 0 aliphatic heterocycles. The zero-order chi connectivity index (χ0) is 21.3. The number of ether oxygens (including phenoxy) is 1. The number of aromatic nitrogens is 2. The standard InChI is InChI=1S/C24H30N4O2/c1-18(2)12-14-30-23-16-21(26-24(27-23)25-17-28(3)4)11-10-19-7-5-8-20(15-19)22-9-6-13-29-22/h5-9,13,15-18H,10-12,14H2,1-4H3/b25-17-. The minimum absolute atomic E-state index is 0.421. The topological polar surface area (TPSA) is 63.8 Å². The Morgan fingerprint density at radius 1 is 1.10 bits per heavy atom. The van der Waals surface area contributed by atoms with Crippen LogP contribution < -0.4 is 4.74 Å². The number of hydrogen-bond acceptors (Lipinski definition) is 5. The van der Waals surface area contributed by atoms with Gasteiger partial charge in [-0.2, -0.15) is 4.98 Å². The van der Waals surface area contributed by atoms with Crippen molar-refractivity contribution in [1.82, 2.24) is 14.9 Å². The van der Waals surface area contributed by atoms with Crippen LogP contribution in [0.2, 0.25) is 0 Å². The van der Waals surface area contributed by atoms with Gasteiger partial charge in [-0.25, -0.2) is 9.98 Å². The van der Waals surface area contributed by atoms with E-state index in [-0.39, 0.29) is 0 Å². The summed E-state index contributed by atoms with van der Waals surface area (Å²) in [4.78, 5) is 15.3. The zero-order valence-corrected chi connectivity index (χ0v) is 18.2. The fourth-order valence-corrected chi connectivity index (χ4v) is 2.88. The van der Waals surface area contributed by atoms with Crippen LogP contribution in [-0.4, -0.2) is 41.9 Å². The fraction of sp³-hybridized carbons (Fsp3) is 0.375. The highest BCUT2D eigenvalue weighted by Gasteiger charge is 2.08. The van der Waals surface area contributed by atoms with E-state index in [1.165, 1.54) is 5.56 Å².